The summed E-state index contributed by atoms with van der Waals surface area (Å²) in [5, 5.41) is 3.31. The van der Waals surface area contributed by atoms with Crippen LogP contribution in [-0.2, 0) is 5.54 Å². The minimum atomic E-state index is -0.246. The van der Waals surface area contributed by atoms with E-state index in [-0.39, 0.29) is 17.0 Å². The fourth-order valence-corrected chi connectivity index (χ4v) is 2.40. The molecule has 0 unspecified atom stereocenters. The van der Waals surface area contributed by atoms with Gasteiger partial charge < -0.3 is 0 Å². The monoisotopic (exact) mass is 272 g/mol. The summed E-state index contributed by atoms with van der Waals surface area (Å²) < 4.78 is 1.73. The maximum absolute atomic E-state index is 12.6. The van der Waals surface area contributed by atoms with Gasteiger partial charge in [0.15, 0.2) is 0 Å². The molecular formula is C17H24N2O. The average Bonchev–Trinajstić information content (AvgIpc) is 2.67. The number of nitrogens with zero attached hydrogens (tertiary/aromatic N) is 1. The molecule has 1 N–H and O–H groups in total. The van der Waals surface area contributed by atoms with Crippen LogP contribution in [0.4, 0.5) is 0 Å². The lowest BCUT2D eigenvalue weighted by molar-refractivity contribution is 0.345. The maximum atomic E-state index is 12.6. The van der Waals surface area contributed by atoms with Gasteiger partial charge in [-0.05, 0) is 39.2 Å². The van der Waals surface area contributed by atoms with Gasteiger partial charge in [-0.1, -0.05) is 43.7 Å². The highest BCUT2D eigenvalue weighted by molar-refractivity contribution is 5.63. The van der Waals surface area contributed by atoms with Crippen molar-refractivity contribution < 1.29 is 0 Å². The number of nitrogens with one attached hydrogen (secondary N) is 1. The first-order valence-corrected chi connectivity index (χ1v) is 7.14. The second kappa shape index (κ2) is 4.97. The Labute approximate surface area is 120 Å². The lowest BCUT2D eigenvalue weighted by atomic mass is 9.99. The standard InChI is InChI=1S/C17H24N2O/c1-11(2)14-15(13-9-7-12(3)8-10-13)18-19(16(14)20)17(4,5)6/h7-11,18H,1-6H3. The van der Waals surface area contributed by atoms with E-state index in [2.05, 4.69) is 50.1 Å². The first-order chi connectivity index (χ1) is 9.21. The molecule has 2 aromatic rings. The van der Waals surface area contributed by atoms with Gasteiger partial charge in [0.1, 0.15) is 0 Å². The molecule has 0 aliphatic heterocycles. The predicted molar refractivity (Wildman–Crippen MR) is 84.3 cm³/mol. The molecule has 1 aromatic heterocycles. The second-order valence-electron chi connectivity index (χ2n) is 6.73. The summed E-state index contributed by atoms with van der Waals surface area (Å²) in [6.07, 6.45) is 0. The number of hydrogen-bond donors (Lipinski definition) is 1. The Morgan fingerprint density at radius 3 is 2.10 bits per heavy atom. The number of H-pyrrole nitrogens is 1. The van der Waals surface area contributed by atoms with Crippen molar-refractivity contribution in [2.75, 3.05) is 0 Å². The summed E-state index contributed by atoms with van der Waals surface area (Å²) in [7, 11) is 0. The van der Waals surface area contributed by atoms with Crippen LogP contribution >= 0.6 is 0 Å². The molecule has 0 fully saturated rings. The zero-order chi connectivity index (χ0) is 15.1. The van der Waals surface area contributed by atoms with Gasteiger partial charge in [0.05, 0.1) is 11.2 Å². The molecule has 0 radical (unpaired) electrons. The summed E-state index contributed by atoms with van der Waals surface area (Å²) in [6, 6.07) is 8.29. The molecule has 3 nitrogen and oxygen atoms in total. The van der Waals surface area contributed by atoms with Gasteiger partial charge in [0, 0.05) is 5.56 Å². The largest absolute Gasteiger partial charge is 0.294 e. The molecule has 0 spiro atoms. The molecular weight excluding hydrogens is 248 g/mol. The highest BCUT2D eigenvalue weighted by Gasteiger charge is 2.24. The summed E-state index contributed by atoms with van der Waals surface area (Å²) >= 11 is 0. The minimum absolute atomic E-state index is 0.0862. The molecule has 1 aromatic carbocycles. The Morgan fingerprint density at radius 1 is 1.10 bits per heavy atom. The van der Waals surface area contributed by atoms with E-state index in [1.807, 2.05) is 20.8 Å². The quantitative estimate of drug-likeness (QED) is 0.880. The van der Waals surface area contributed by atoms with E-state index in [0.717, 1.165) is 16.8 Å². The first kappa shape index (κ1) is 14.6. The van der Waals surface area contributed by atoms with Crippen LogP contribution in [0.1, 0.15) is 51.7 Å². The van der Waals surface area contributed by atoms with E-state index in [0.29, 0.717) is 0 Å². The van der Waals surface area contributed by atoms with Crippen LogP contribution in [0.15, 0.2) is 29.1 Å². The van der Waals surface area contributed by atoms with E-state index >= 15 is 0 Å². The van der Waals surface area contributed by atoms with Crippen molar-refractivity contribution in [2.24, 2.45) is 0 Å². The Balaban J connectivity index is 2.70. The number of hydrogen-bond acceptors (Lipinski definition) is 1. The molecule has 1 heterocycles. The van der Waals surface area contributed by atoms with E-state index in [1.54, 1.807) is 4.68 Å². The molecule has 3 heteroatoms. The lowest BCUT2D eigenvalue weighted by Gasteiger charge is -2.19. The number of aromatic nitrogens is 2. The minimum Gasteiger partial charge on any atom is -0.294 e. The van der Waals surface area contributed by atoms with Crippen molar-refractivity contribution in [3.8, 4) is 11.3 Å². The van der Waals surface area contributed by atoms with E-state index in [1.165, 1.54) is 5.56 Å². The Kier molecular flexibility index (Phi) is 3.63. The van der Waals surface area contributed by atoms with Crippen molar-refractivity contribution in [1.29, 1.82) is 0 Å². The normalized spacial score (nSPS) is 12.2. The fraction of sp³-hybridized carbons (Fsp3) is 0.471. The third-order valence-corrected chi connectivity index (χ3v) is 3.51. The molecule has 0 saturated carbocycles. The van der Waals surface area contributed by atoms with Gasteiger partial charge in [-0.3, -0.25) is 9.89 Å². The van der Waals surface area contributed by atoms with Crippen LogP contribution in [0, 0.1) is 6.92 Å². The molecule has 0 saturated heterocycles. The van der Waals surface area contributed by atoms with Gasteiger partial charge in [-0.2, -0.15) is 0 Å². The molecule has 108 valence electrons. The number of aromatic amines is 1. The van der Waals surface area contributed by atoms with Gasteiger partial charge in [-0.25, -0.2) is 4.68 Å². The molecule has 20 heavy (non-hydrogen) atoms. The second-order valence-corrected chi connectivity index (χ2v) is 6.73. The molecule has 0 atom stereocenters. The van der Waals surface area contributed by atoms with Crippen molar-refractivity contribution in [1.82, 2.24) is 9.78 Å². The van der Waals surface area contributed by atoms with Crippen molar-refractivity contribution in [3.05, 3.63) is 45.7 Å². The average molecular weight is 272 g/mol. The summed E-state index contributed by atoms with van der Waals surface area (Å²) in [6.45, 7) is 12.3. The van der Waals surface area contributed by atoms with Gasteiger partial charge in [0.25, 0.3) is 5.56 Å². The van der Waals surface area contributed by atoms with Crippen LogP contribution in [-0.4, -0.2) is 9.78 Å². The van der Waals surface area contributed by atoms with Crippen LogP contribution < -0.4 is 5.56 Å². The zero-order valence-electron chi connectivity index (χ0n) is 13.2. The van der Waals surface area contributed by atoms with Gasteiger partial charge in [-0.15, -0.1) is 0 Å². The summed E-state index contributed by atoms with van der Waals surface area (Å²) in [4.78, 5) is 12.6. The lowest BCUT2D eigenvalue weighted by Crippen LogP contribution is -2.33. The Bertz CT molecular complexity index is 652. The third kappa shape index (κ3) is 2.58. The topological polar surface area (TPSA) is 37.8 Å². The van der Waals surface area contributed by atoms with Crippen LogP contribution in [0.5, 0.6) is 0 Å². The van der Waals surface area contributed by atoms with Gasteiger partial charge in [0.2, 0.25) is 0 Å². The maximum Gasteiger partial charge on any atom is 0.271 e. The van der Waals surface area contributed by atoms with E-state index in [9.17, 15) is 4.79 Å². The van der Waals surface area contributed by atoms with Crippen LogP contribution in [0.2, 0.25) is 0 Å². The number of aryl methyl sites for hydroxylation is 1. The van der Waals surface area contributed by atoms with Crippen LogP contribution in [0.3, 0.4) is 0 Å². The fourth-order valence-electron chi connectivity index (χ4n) is 2.40. The Hall–Kier alpha value is -1.77. The zero-order valence-corrected chi connectivity index (χ0v) is 13.2. The van der Waals surface area contributed by atoms with Gasteiger partial charge >= 0.3 is 0 Å². The van der Waals surface area contributed by atoms with Crippen LogP contribution in [0.25, 0.3) is 11.3 Å². The molecule has 0 bridgehead atoms. The smallest absolute Gasteiger partial charge is 0.271 e. The van der Waals surface area contributed by atoms with Crippen molar-refractivity contribution >= 4 is 0 Å². The van der Waals surface area contributed by atoms with Crippen molar-refractivity contribution in [3.63, 3.8) is 0 Å². The third-order valence-electron chi connectivity index (χ3n) is 3.51. The highest BCUT2D eigenvalue weighted by Crippen LogP contribution is 2.27. The molecule has 0 aliphatic carbocycles. The first-order valence-electron chi connectivity index (χ1n) is 7.14. The Morgan fingerprint density at radius 2 is 1.65 bits per heavy atom. The number of rotatable bonds is 2. The van der Waals surface area contributed by atoms with E-state index in [4.69, 9.17) is 0 Å². The highest BCUT2D eigenvalue weighted by atomic mass is 16.1. The SMILES string of the molecule is Cc1ccc(-c2[nH]n(C(C)(C)C)c(=O)c2C(C)C)cc1. The molecule has 0 amide bonds. The number of benzene rings is 1. The molecule has 2 rings (SSSR count). The van der Waals surface area contributed by atoms with Crippen molar-refractivity contribution in [2.45, 2.75) is 53.0 Å². The summed E-state index contributed by atoms with van der Waals surface area (Å²) in [5.41, 5.74) is 3.94. The summed E-state index contributed by atoms with van der Waals surface area (Å²) in [5.74, 6) is 0.193. The molecule has 0 aliphatic rings. The van der Waals surface area contributed by atoms with E-state index < -0.39 is 0 Å². The predicted octanol–water partition coefficient (Wildman–Crippen LogP) is 4.03.